The number of benzene rings is 1. The van der Waals surface area contributed by atoms with Crippen LogP contribution in [0.1, 0.15) is 40.9 Å². The van der Waals surface area contributed by atoms with Crippen LogP contribution >= 0.6 is 0 Å². The molecule has 0 unspecified atom stereocenters. The number of hydrogen-bond donors (Lipinski definition) is 1. The standard InChI is InChI=1S/C24H27N3O4/c1-14-17(4)30-22-16(3)23-20(12-19(14)22)15(2)18(24(29)31-23)6-7-21(28)26-8-5-10-27-11-9-25-13-27/h9,11-13H,5-8,10H2,1-4H3,(H,26,28). The third-order valence-corrected chi connectivity index (χ3v) is 6.02. The predicted octanol–water partition coefficient (Wildman–Crippen LogP) is 4.11. The van der Waals surface area contributed by atoms with Gasteiger partial charge in [0.25, 0.3) is 0 Å². The van der Waals surface area contributed by atoms with E-state index in [1.807, 2.05) is 44.5 Å². The molecule has 162 valence electrons. The molecule has 1 N–H and O–H groups in total. The fraction of sp³-hybridized carbons (Fsp3) is 0.375. The molecule has 0 bridgehead atoms. The third kappa shape index (κ3) is 4.00. The van der Waals surface area contributed by atoms with Crippen molar-refractivity contribution in [2.45, 2.75) is 53.5 Å². The molecule has 0 aliphatic rings. The van der Waals surface area contributed by atoms with Crippen LogP contribution in [0.3, 0.4) is 0 Å². The van der Waals surface area contributed by atoms with Gasteiger partial charge in [-0.15, -0.1) is 0 Å². The summed E-state index contributed by atoms with van der Waals surface area (Å²) < 4.78 is 13.5. The normalized spacial score (nSPS) is 11.5. The Morgan fingerprint density at radius 1 is 1.06 bits per heavy atom. The summed E-state index contributed by atoms with van der Waals surface area (Å²) in [5.74, 6) is 0.788. The van der Waals surface area contributed by atoms with E-state index in [1.165, 1.54) is 0 Å². The average Bonchev–Trinajstić information content (AvgIpc) is 3.35. The Morgan fingerprint density at radius 2 is 1.81 bits per heavy atom. The monoisotopic (exact) mass is 421 g/mol. The number of imidazole rings is 1. The summed E-state index contributed by atoms with van der Waals surface area (Å²) in [7, 11) is 0. The van der Waals surface area contributed by atoms with Gasteiger partial charge in [0.05, 0.1) is 6.33 Å². The maximum atomic E-state index is 12.7. The molecule has 0 atom stereocenters. The second kappa shape index (κ2) is 8.41. The molecule has 0 aliphatic heterocycles. The summed E-state index contributed by atoms with van der Waals surface area (Å²) in [5, 5.41) is 4.84. The highest BCUT2D eigenvalue weighted by atomic mass is 16.4. The number of aryl methyl sites for hydroxylation is 5. The van der Waals surface area contributed by atoms with Gasteiger partial charge in [-0.2, -0.15) is 0 Å². The van der Waals surface area contributed by atoms with E-state index in [1.54, 1.807) is 12.5 Å². The van der Waals surface area contributed by atoms with Gasteiger partial charge in [-0.05, 0) is 57.7 Å². The fourth-order valence-corrected chi connectivity index (χ4v) is 4.02. The first-order chi connectivity index (χ1) is 14.9. The molecule has 0 saturated heterocycles. The van der Waals surface area contributed by atoms with Crippen LogP contribution in [0, 0.1) is 27.7 Å². The Balaban J connectivity index is 1.49. The lowest BCUT2D eigenvalue weighted by molar-refractivity contribution is -0.121. The Bertz CT molecular complexity index is 1310. The molecule has 0 radical (unpaired) electrons. The van der Waals surface area contributed by atoms with E-state index in [0.717, 1.165) is 51.8 Å². The van der Waals surface area contributed by atoms with Crippen molar-refractivity contribution in [2.24, 2.45) is 0 Å². The van der Waals surface area contributed by atoms with Crippen molar-refractivity contribution >= 4 is 27.8 Å². The van der Waals surface area contributed by atoms with Crippen molar-refractivity contribution in [3.8, 4) is 0 Å². The van der Waals surface area contributed by atoms with Crippen molar-refractivity contribution in [1.82, 2.24) is 14.9 Å². The number of carbonyl (C=O) groups is 1. The highest BCUT2D eigenvalue weighted by Crippen LogP contribution is 2.34. The first-order valence-electron chi connectivity index (χ1n) is 10.5. The Morgan fingerprint density at radius 3 is 2.55 bits per heavy atom. The fourth-order valence-electron chi connectivity index (χ4n) is 4.02. The number of carbonyl (C=O) groups excluding carboxylic acids is 1. The van der Waals surface area contributed by atoms with Gasteiger partial charge < -0.3 is 18.7 Å². The molecule has 3 aromatic heterocycles. The topological polar surface area (TPSA) is 90.3 Å². The van der Waals surface area contributed by atoms with Crippen LogP contribution in [-0.4, -0.2) is 22.0 Å². The van der Waals surface area contributed by atoms with E-state index >= 15 is 0 Å². The lowest BCUT2D eigenvalue weighted by Crippen LogP contribution is -2.26. The SMILES string of the molecule is Cc1oc2c(C)c3oc(=O)c(CCC(=O)NCCCn4ccnc4)c(C)c3cc2c1C. The molecule has 0 spiro atoms. The lowest BCUT2D eigenvalue weighted by Gasteiger charge is -2.10. The van der Waals surface area contributed by atoms with Crippen LogP contribution in [0.5, 0.6) is 0 Å². The van der Waals surface area contributed by atoms with Crippen molar-refractivity contribution in [1.29, 1.82) is 0 Å². The summed E-state index contributed by atoms with van der Waals surface area (Å²) in [5.41, 5.74) is 4.25. The van der Waals surface area contributed by atoms with Crippen molar-refractivity contribution in [3.05, 3.63) is 63.2 Å². The Kier molecular flexibility index (Phi) is 5.67. The molecule has 0 fully saturated rings. The van der Waals surface area contributed by atoms with Gasteiger partial charge in [0.15, 0.2) is 0 Å². The summed E-state index contributed by atoms with van der Waals surface area (Å²) in [4.78, 5) is 28.9. The summed E-state index contributed by atoms with van der Waals surface area (Å²) in [6.07, 6.45) is 6.79. The Labute approximate surface area is 180 Å². The van der Waals surface area contributed by atoms with Gasteiger partial charge in [0.2, 0.25) is 5.91 Å². The highest BCUT2D eigenvalue weighted by molar-refractivity contribution is 6.00. The van der Waals surface area contributed by atoms with E-state index in [0.29, 0.717) is 24.1 Å². The number of hydrogen-bond acceptors (Lipinski definition) is 5. The molecule has 3 heterocycles. The van der Waals surface area contributed by atoms with Crippen molar-refractivity contribution in [3.63, 3.8) is 0 Å². The number of nitrogens with one attached hydrogen (secondary N) is 1. The maximum absolute atomic E-state index is 12.7. The van der Waals surface area contributed by atoms with E-state index in [4.69, 9.17) is 8.83 Å². The van der Waals surface area contributed by atoms with Gasteiger partial charge in [0.1, 0.15) is 16.9 Å². The zero-order chi connectivity index (χ0) is 22.1. The number of nitrogens with zero attached hydrogens (tertiary/aromatic N) is 2. The number of fused-ring (bicyclic) bond motifs is 2. The van der Waals surface area contributed by atoms with E-state index in [9.17, 15) is 9.59 Å². The smallest absolute Gasteiger partial charge is 0.339 e. The van der Waals surface area contributed by atoms with Crippen LogP contribution in [0.25, 0.3) is 21.9 Å². The van der Waals surface area contributed by atoms with Gasteiger partial charge in [-0.25, -0.2) is 9.78 Å². The molecule has 1 amide bonds. The number of furan rings is 1. The zero-order valence-corrected chi connectivity index (χ0v) is 18.4. The first kappa shape index (κ1) is 20.9. The molecule has 4 rings (SSSR count). The van der Waals surface area contributed by atoms with Gasteiger partial charge in [-0.1, -0.05) is 0 Å². The van der Waals surface area contributed by atoms with E-state index < -0.39 is 0 Å². The highest BCUT2D eigenvalue weighted by Gasteiger charge is 2.19. The van der Waals surface area contributed by atoms with Crippen LogP contribution in [0.15, 0.2) is 38.4 Å². The van der Waals surface area contributed by atoms with Gasteiger partial charge >= 0.3 is 5.63 Å². The second-order valence-corrected chi connectivity index (χ2v) is 8.04. The lowest BCUT2D eigenvalue weighted by atomic mass is 9.98. The minimum Gasteiger partial charge on any atom is -0.461 e. The summed E-state index contributed by atoms with van der Waals surface area (Å²) in [6.45, 7) is 9.17. The van der Waals surface area contributed by atoms with E-state index in [2.05, 4.69) is 10.3 Å². The van der Waals surface area contributed by atoms with E-state index in [-0.39, 0.29) is 18.0 Å². The average molecular weight is 421 g/mol. The molecule has 0 saturated carbocycles. The molecule has 1 aromatic carbocycles. The molecule has 0 aliphatic carbocycles. The Hall–Kier alpha value is -3.35. The van der Waals surface area contributed by atoms with Gasteiger partial charge in [-0.3, -0.25) is 4.79 Å². The molecular weight excluding hydrogens is 394 g/mol. The zero-order valence-electron chi connectivity index (χ0n) is 18.4. The second-order valence-electron chi connectivity index (χ2n) is 8.04. The maximum Gasteiger partial charge on any atom is 0.339 e. The number of amides is 1. The number of aromatic nitrogens is 2. The van der Waals surface area contributed by atoms with Crippen LogP contribution in [0.4, 0.5) is 0 Å². The van der Waals surface area contributed by atoms with Crippen molar-refractivity contribution < 1.29 is 13.6 Å². The largest absolute Gasteiger partial charge is 0.461 e. The number of rotatable bonds is 7. The molecule has 31 heavy (non-hydrogen) atoms. The van der Waals surface area contributed by atoms with Crippen molar-refractivity contribution in [2.75, 3.05) is 6.54 Å². The molecule has 7 nitrogen and oxygen atoms in total. The predicted molar refractivity (Wildman–Crippen MR) is 119 cm³/mol. The first-order valence-corrected chi connectivity index (χ1v) is 10.5. The minimum atomic E-state index is -0.389. The summed E-state index contributed by atoms with van der Waals surface area (Å²) in [6, 6.07) is 2.03. The quantitative estimate of drug-likeness (QED) is 0.358. The van der Waals surface area contributed by atoms with Crippen LogP contribution < -0.4 is 10.9 Å². The third-order valence-electron chi connectivity index (χ3n) is 6.02. The summed E-state index contributed by atoms with van der Waals surface area (Å²) >= 11 is 0. The van der Waals surface area contributed by atoms with Gasteiger partial charge in [0, 0.05) is 53.8 Å². The molecule has 4 aromatic rings. The van der Waals surface area contributed by atoms with Crippen LogP contribution in [-0.2, 0) is 17.8 Å². The minimum absolute atomic E-state index is 0.0718. The molecular formula is C24H27N3O4. The van der Waals surface area contributed by atoms with Crippen LogP contribution in [0.2, 0.25) is 0 Å². The molecule has 7 heteroatoms.